The molecule has 2 fully saturated rings. The van der Waals surface area contributed by atoms with Crippen molar-refractivity contribution < 1.29 is 19.4 Å². The van der Waals surface area contributed by atoms with E-state index in [1.54, 1.807) is 0 Å². The molecule has 2 bridgehead atoms. The highest BCUT2D eigenvalue weighted by atomic mass is 16.5. The number of esters is 1. The molecule has 2 aliphatic carbocycles. The number of ether oxygens (including phenoxy) is 1. The second-order valence-electron chi connectivity index (χ2n) is 4.64. The maximum atomic E-state index is 11.2. The van der Waals surface area contributed by atoms with E-state index >= 15 is 0 Å². The molecule has 15 heavy (non-hydrogen) atoms. The van der Waals surface area contributed by atoms with Gasteiger partial charge in [-0.05, 0) is 37.0 Å². The van der Waals surface area contributed by atoms with Crippen molar-refractivity contribution in [1.82, 2.24) is 0 Å². The highest BCUT2D eigenvalue weighted by Gasteiger charge is 2.51. The van der Waals surface area contributed by atoms with E-state index in [2.05, 4.69) is 4.74 Å². The van der Waals surface area contributed by atoms with Crippen LogP contribution in [-0.4, -0.2) is 24.2 Å². The molecule has 0 amide bonds. The predicted octanol–water partition coefficient (Wildman–Crippen LogP) is 1.30. The van der Waals surface area contributed by atoms with E-state index in [9.17, 15) is 9.59 Å². The van der Waals surface area contributed by atoms with Gasteiger partial charge in [-0.25, -0.2) is 0 Å². The molecular formula is C11H16O4. The maximum Gasteiger partial charge on any atom is 0.307 e. The van der Waals surface area contributed by atoms with E-state index in [0.29, 0.717) is 11.8 Å². The summed E-state index contributed by atoms with van der Waals surface area (Å²) in [5, 5.41) is 9.14. The van der Waals surface area contributed by atoms with E-state index in [-0.39, 0.29) is 24.2 Å². The third-order valence-corrected chi connectivity index (χ3v) is 4.00. The Morgan fingerprint density at radius 2 is 2.00 bits per heavy atom. The van der Waals surface area contributed by atoms with E-state index < -0.39 is 5.97 Å². The summed E-state index contributed by atoms with van der Waals surface area (Å²) in [4.78, 5) is 22.3. The number of carboxylic acids is 1. The predicted molar refractivity (Wildman–Crippen MR) is 52.1 cm³/mol. The zero-order valence-electron chi connectivity index (χ0n) is 8.81. The van der Waals surface area contributed by atoms with Crippen LogP contribution in [0.1, 0.15) is 25.7 Å². The van der Waals surface area contributed by atoms with Crippen molar-refractivity contribution in [3.63, 3.8) is 0 Å². The third kappa shape index (κ3) is 1.73. The second-order valence-corrected chi connectivity index (χ2v) is 4.64. The Morgan fingerprint density at radius 1 is 1.33 bits per heavy atom. The Morgan fingerprint density at radius 3 is 2.60 bits per heavy atom. The van der Waals surface area contributed by atoms with Gasteiger partial charge >= 0.3 is 11.9 Å². The van der Waals surface area contributed by atoms with Crippen LogP contribution >= 0.6 is 0 Å². The summed E-state index contributed by atoms with van der Waals surface area (Å²) in [6, 6.07) is 0. The van der Waals surface area contributed by atoms with Crippen LogP contribution in [0.5, 0.6) is 0 Å². The van der Waals surface area contributed by atoms with Crippen LogP contribution in [0.2, 0.25) is 0 Å². The highest BCUT2D eigenvalue weighted by molar-refractivity contribution is 5.74. The molecular weight excluding hydrogens is 196 g/mol. The minimum absolute atomic E-state index is 0.00806. The van der Waals surface area contributed by atoms with E-state index in [4.69, 9.17) is 5.11 Å². The summed E-state index contributed by atoms with van der Waals surface area (Å²) in [6.45, 7) is 0. The fraction of sp³-hybridized carbons (Fsp3) is 0.818. The lowest BCUT2D eigenvalue weighted by Gasteiger charge is -2.26. The number of carboxylic acid groups (broad SMARTS) is 1. The first-order valence-corrected chi connectivity index (χ1v) is 5.43. The molecule has 4 heteroatoms. The number of hydrogen-bond donors (Lipinski definition) is 1. The number of aliphatic carboxylic acids is 1. The quantitative estimate of drug-likeness (QED) is 0.716. The van der Waals surface area contributed by atoms with Crippen LogP contribution < -0.4 is 0 Å². The minimum Gasteiger partial charge on any atom is -0.481 e. The van der Waals surface area contributed by atoms with E-state index in [0.717, 1.165) is 19.3 Å². The number of carbonyl (C=O) groups excluding carboxylic acids is 1. The maximum absolute atomic E-state index is 11.2. The second kappa shape index (κ2) is 3.83. The van der Waals surface area contributed by atoms with E-state index in [1.807, 2.05) is 0 Å². The zero-order valence-corrected chi connectivity index (χ0v) is 8.81. The van der Waals surface area contributed by atoms with Gasteiger partial charge in [0.25, 0.3) is 0 Å². The van der Waals surface area contributed by atoms with Crippen molar-refractivity contribution >= 4 is 11.9 Å². The number of methoxy groups -OCH3 is 1. The number of rotatable bonds is 3. The van der Waals surface area contributed by atoms with Gasteiger partial charge < -0.3 is 9.84 Å². The van der Waals surface area contributed by atoms with Crippen molar-refractivity contribution in [2.45, 2.75) is 25.7 Å². The Bertz CT molecular complexity index is 286. The Balaban J connectivity index is 2.08. The largest absolute Gasteiger partial charge is 0.481 e. The number of fused-ring (bicyclic) bond motifs is 2. The van der Waals surface area contributed by atoms with Crippen molar-refractivity contribution in [3.8, 4) is 0 Å². The lowest BCUT2D eigenvalue weighted by Crippen LogP contribution is -2.31. The Hall–Kier alpha value is -1.06. The van der Waals surface area contributed by atoms with Gasteiger partial charge in [0.15, 0.2) is 0 Å². The van der Waals surface area contributed by atoms with Crippen molar-refractivity contribution in [2.24, 2.45) is 23.7 Å². The van der Waals surface area contributed by atoms with Crippen LogP contribution in [0.15, 0.2) is 0 Å². The van der Waals surface area contributed by atoms with Gasteiger partial charge in [0.2, 0.25) is 0 Å². The molecule has 1 N–H and O–H groups in total. The molecule has 2 saturated carbocycles. The molecule has 0 aromatic heterocycles. The van der Waals surface area contributed by atoms with Gasteiger partial charge in [-0.2, -0.15) is 0 Å². The van der Waals surface area contributed by atoms with Crippen molar-refractivity contribution in [3.05, 3.63) is 0 Å². The molecule has 4 nitrogen and oxygen atoms in total. The first kappa shape index (κ1) is 10.5. The lowest BCUT2D eigenvalue weighted by atomic mass is 9.77. The summed E-state index contributed by atoms with van der Waals surface area (Å²) in [5.74, 6) is -0.608. The van der Waals surface area contributed by atoms with Crippen LogP contribution in [0, 0.1) is 23.7 Å². The summed E-state index contributed by atoms with van der Waals surface area (Å²) < 4.78 is 4.62. The molecule has 0 heterocycles. The summed E-state index contributed by atoms with van der Waals surface area (Å²) in [6.07, 6.45) is 3.35. The van der Waals surface area contributed by atoms with Crippen LogP contribution in [0.4, 0.5) is 0 Å². The van der Waals surface area contributed by atoms with Gasteiger partial charge in [-0.1, -0.05) is 0 Å². The molecule has 2 unspecified atom stereocenters. The molecule has 0 aromatic carbocycles. The molecule has 84 valence electrons. The standard InChI is InChI=1S/C11H16O4/c1-15-9(12)5-8-6-2-3-7(4-6)10(8)11(13)14/h6-8,10H,2-5H2,1H3,(H,13,14)/t6-,7+,8?,10?/m0/s1. The van der Waals surface area contributed by atoms with Crippen LogP contribution in [0.25, 0.3) is 0 Å². The molecule has 0 aliphatic heterocycles. The summed E-state index contributed by atoms with van der Waals surface area (Å²) in [7, 11) is 1.35. The fourth-order valence-corrected chi connectivity index (χ4v) is 3.36. The number of hydrogen-bond acceptors (Lipinski definition) is 3. The molecule has 0 saturated heterocycles. The monoisotopic (exact) mass is 212 g/mol. The van der Waals surface area contributed by atoms with Gasteiger partial charge in [0, 0.05) is 6.42 Å². The molecule has 0 spiro atoms. The van der Waals surface area contributed by atoms with Crippen LogP contribution in [-0.2, 0) is 14.3 Å². The molecule has 4 atom stereocenters. The van der Waals surface area contributed by atoms with Gasteiger partial charge in [-0.3, -0.25) is 9.59 Å². The fourth-order valence-electron chi connectivity index (χ4n) is 3.36. The first-order chi connectivity index (χ1) is 7.13. The number of carbonyl (C=O) groups is 2. The van der Waals surface area contributed by atoms with Crippen molar-refractivity contribution in [1.29, 1.82) is 0 Å². The SMILES string of the molecule is COC(=O)CC1C(C(=O)O)[C@@H]2CC[C@H]1C2. The first-order valence-electron chi connectivity index (χ1n) is 5.43. The van der Waals surface area contributed by atoms with Crippen LogP contribution in [0.3, 0.4) is 0 Å². The minimum atomic E-state index is -0.740. The zero-order chi connectivity index (χ0) is 11.0. The van der Waals surface area contributed by atoms with Gasteiger partial charge in [-0.15, -0.1) is 0 Å². The van der Waals surface area contributed by atoms with E-state index in [1.165, 1.54) is 7.11 Å². The smallest absolute Gasteiger partial charge is 0.307 e. The van der Waals surface area contributed by atoms with Crippen molar-refractivity contribution in [2.75, 3.05) is 7.11 Å². The molecule has 0 aromatic rings. The topological polar surface area (TPSA) is 63.6 Å². The Labute approximate surface area is 88.6 Å². The average Bonchev–Trinajstić information content (AvgIpc) is 2.77. The highest BCUT2D eigenvalue weighted by Crippen LogP contribution is 2.53. The molecule has 0 radical (unpaired) electrons. The summed E-state index contributed by atoms with van der Waals surface area (Å²) in [5.41, 5.74) is 0. The Kier molecular flexibility index (Phi) is 2.67. The molecule has 2 aliphatic rings. The average molecular weight is 212 g/mol. The van der Waals surface area contributed by atoms with Gasteiger partial charge in [0.1, 0.15) is 0 Å². The third-order valence-electron chi connectivity index (χ3n) is 4.00. The normalized spacial score (nSPS) is 37.9. The van der Waals surface area contributed by atoms with Gasteiger partial charge in [0.05, 0.1) is 13.0 Å². The lowest BCUT2D eigenvalue weighted by molar-refractivity contribution is -0.148. The summed E-state index contributed by atoms with van der Waals surface area (Å²) >= 11 is 0. The molecule has 2 rings (SSSR count).